The maximum Gasteiger partial charge on any atom is 0.270 e. The Bertz CT molecular complexity index is 546. The number of aromatic nitrogens is 2. The molecule has 2 aliphatic rings. The summed E-state index contributed by atoms with van der Waals surface area (Å²) in [7, 11) is 0. The minimum atomic E-state index is -0.208. The summed E-state index contributed by atoms with van der Waals surface area (Å²) in [5, 5.41) is 12.9. The number of amides is 1. The zero-order valence-corrected chi connectivity index (χ0v) is 14.3. The lowest BCUT2D eigenvalue weighted by molar-refractivity contribution is 0.0643. The van der Waals surface area contributed by atoms with Crippen molar-refractivity contribution in [2.75, 3.05) is 24.5 Å². The molecule has 1 aliphatic heterocycles. The lowest BCUT2D eigenvalue weighted by atomic mass is 9.84. The number of aliphatic hydroxyl groups excluding tert-OH is 1. The predicted molar refractivity (Wildman–Crippen MR) is 93.0 cm³/mol. The predicted octanol–water partition coefficient (Wildman–Crippen LogP) is 2.14. The minimum absolute atomic E-state index is 0.152. The number of anilines is 1. The van der Waals surface area contributed by atoms with Gasteiger partial charge < -0.3 is 15.3 Å². The lowest BCUT2D eigenvalue weighted by Crippen LogP contribution is -2.33. The van der Waals surface area contributed by atoms with Crippen molar-refractivity contribution in [3.05, 3.63) is 18.0 Å². The Kier molecular flexibility index (Phi) is 6.01. The number of piperidine rings is 1. The average molecular weight is 332 g/mol. The molecule has 0 bridgehead atoms. The van der Waals surface area contributed by atoms with Crippen LogP contribution < -0.4 is 10.2 Å². The van der Waals surface area contributed by atoms with Gasteiger partial charge in [-0.25, -0.2) is 9.97 Å². The summed E-state index contributed by atoms with van der Waals surface area (Å²) in [6, 6.07) is 1.66. The first-order chi connectivity index (χ1) is 11.7. The van der Waals surface area contributed by atoms with Crippen molar-refractivity contribution in [3.63, 3.8) is 0 Å². The average Bonchev–Trinajstić information content (AvgIpc) is 2.64. The number of carbonyl (C=O) groups excluding carboxylic acids is 1. The number of carbonyl (C=O) groups is 1. The van der Waals surface area contributed by atoms with Gasteiger partial charge in [0.25, 0.3) is 5.91 Å². The standard InChI is InChI=1S/C18H28N4O2/c23-16-7-3-2-6-14(16)8-10-19-17(24)15-9-11-20-18(21-15)22-12-4-1-5-13-22/h9,11,14,16,23H,1-8,10,12-13H2,(H,19,24)/t14-,16-/m1/s1. The van der Waals surface area contributed by atoms with Crippen molar-refractivity contribution in [3.8, 4) is 0 Å². The Morgan fingerprint density at radius 3 is 2.79 bits per heavy atom. The fraction of sp³-hybridized carbons (Fsp3) is 0.722. The number of aliphatic hydroxyl groups is 1. The van der Waals surface area contributed by atoms with Crippen molar-refractivity contribution < 1.29 is 9.90 Å². The van der Waals surface area contributed by atoms with Gasteiger partial charge in [0.05, 0.1) is 6.10 Å². The lowest BCUT2D eigenvalue weighted by Gasteiger charge is -2.27. The molecule has 2 fully saturated rings. The molecule has 6 nitrogen and oxygen atoms in total. The van der Waals surface area contributed by atoms with E-state index in [1.165, 1.54) is 12.8 Å². The first kappa shape index (κ1) is 17.1. The zero-order chi connectivity index (χ0) is 16.8. The van der Waals surface area contributed by atoms with Crippen LogP contribution in [-0.2, 0) is 0 Å². The van der Waals surface area contributed by atoms with Gasteiger partial charge in [0.1, 0.15) is 5.69 Å². The van der Waals surface area contributed by atoms with E-state index in [1.54, 1.807) is 12.3 Å². The third kappa shape index (κ3) is 4.44. The van der Waals surface area contributed by atoms with Crippen molar-refractivity contribution >= 4 is 11.9 Å². The van der Waals surface area contributed by atoms with Crippen LogP contribution in [0.2, 0.25) is 0 Å². The molecule has 24 heavy (non-hydrogen) atoms. The third-order valence-corrected chi connectivity index (χ3v) is 5.18. The molecule has 0 radical (unpaired) electrons. The number of rotatable bonds is 5. The SMILES string of the molecule is O=C(NCC[C@H]1CCCC[C@H]1O)c1ccnc(N2CCCCC2)n1. The van der Waals surface area contributed by atoms with Gasteiger partial charge in [-0.05, 0) is 50.5 Å². The highest BCUT2D eigenvalue weighted by Gasteiger charge is 2.23. The molecule has 2 N–H and O–H groups in total. The van der Waals surface area contributed by atoms with Gasteiger partial charge in [0.2, 0.25) is 5.95 Å². The minimum Gasteiger partial charge on any atom is -0.393 e. The molecule has 1 aromatic rings. The second-order valence-corrected chi connectivity index (χ2v) is 6.95. The van der Waals surface area contributed by atoms with Gasteiger partial charge in [0.15, 0.2) is 0 Å². The van der Waals surface area contributed by atoms with Gasteiger partial charge in [-0.2, -0.15) is 0 Å². The molecule has 1 amide bonds. The largest absolute Gasteiger partial charge is 0.393 e. The van der Waals surface area contributed by atoms with Gasteiger partial charge in [-0.15, -0.1) is 0 Å². The van der Waals surface area contributed by atoms with Gasteiger partial charge >= 0.3 is 0 Å². The maximum atomic E-state index is 12.3. The van der Waals surface area contributed by atoms with E-state index in [1.807, 2.05) is 0 Å². The van der Waals surface area contributed by atoms with Gasteiger partial charge in [0, 0.05) is 25.8 Å². The Morgan fingerprint density at radius 1 is 1.21 bits per heavy atom. The first-order valence-corrected chi connectivity index (χ1v) is 9.28. The van der Waals surface area contributed by atoms with Crippen LogP contribution in [0.4, 0.5) is 5.95 Å². The fourth-order valence-corrected chi connectivity index (χ4v) is 3.71. The van der Waals surface area contributed by atoms with Crippen molar-refractivity contribution in [2.24, 2.45) is 5.92 Å². The normalized spacial score (nSPS) is 24.6. The van der Waals surface area contributed by atoms with E-state index in [2.05, 4.69) is 20.2 Å². The van der Waals surface area contributed by atoms with Crippen molar-refractivity contribution in [1.29, 1.82) is 0 Å². The van der Waals surface area contributed by atoms with Crippen molar-refractivity contribution in [1.82, 2.24) is 15.3 Å². The number of nitrogens with zero attached hydrogens (tertiary/aromatic N) is 3. The molecule has 2 heterocycles. The quantitative estimate of drug-likeness (QED) is 0.864. The summed E-state index contributed by atoms with van der Waals surface area (Å²) in [5.74, 6) is 0.819. The highest BCUT2D eigenvalue weighted by atomic mass is 16.3. The van der Waals surface area contributed by atoms with E-state index >= 15 is 0 Å². The van der Waals surface area contributed by atoms with E-state index in [4.69, 9.17) is 0 Å². The molecule has 1 saturated heterocycles. The van der Waals surface area contributed by atoms with E-state index in [0.29, 0.717) is 24.1 Å². The van der Waals surface area contributed by atoms with Crippen LogP contribution in [-0.4, -0.2) is 46.7 Å². The number of hydrogen-bond acceptors (Lipinski definition) is 5. The van der Waals surface area contributed by atoms with Crippen LogP contribution >= 0.6 is 0 Å². The third-order valence-electron chi connectivity index (χ3n) is 5.18. The molecule has 0 unspecified atom stereocenters. The molecule has 1 saturated carbocycles. The number of hydrogen-bond donors (Lipinski definition) is 2. The maximum absolute atomic E-state index is 12.3. The monoisotopic (exact) mass is 332 g/mol. The van der Waals surface area contributed by atoms with Crippen molar-refractivity contribution in [2.45, 2.75) is 57.5 Å². The molecule has 0 aromatic carbocycles. The summed E-state index contributed by atoms with van der Waals surface area (Å²) < 4.78 is 0. The van der Waals surface area contributed by atoms with E-state index in [9.17, 15) is 9.90 Å². The van der Waals surface area contributed by atoms with E-state index < -0.39 is 0 Å². The Labute approximate surface area is 143 Å². The fourth-order valence-electron chi connectivity index (χ4n) is 3.71. The summed E-state index contributed by atoms with van der Waals surface area (Å²) in [6.07, 6.45) is 10.1. The molecule has 2 atom stereocenters. The van der Waals surface area contributed by atoms with E-state index in [-0.39, 0.29) is 12.0 Å². The summed E-state index contributed by atoms with van der Waals surface area (Å²) >= 11 is 0. The first-order valence-electron chi connectivity index (χ1n) is 9.28. The Hall–Kier alpha value is -1.69. The molecule has 1 aromatic heterocycles. The smallest absolute Gasteiger partial charge is 0.270 e. The highest BCUT2D eigenvalue weighted by Crippen LogP contribution is 2.26. The van der Waals surface area contributed by atoms with Crippen LogP contribution in [0.15, 0.2) is 12.3 Å². The van der Waals surface area contributed by atoms with Crippen LogP contribution in [0.25, 0.3) is 0 Å². The van der Waals surface area contributed by atoms with E-state index in [0.717, 1.165) is 51.6 Å². The second-order valence-electron chi connectivity index (χ2n) is 6.95. The van der Waals surface area contributed by atoms with Gasteiger partial charge in [-0.3, -0.25) is 4.79 Å². The van der Waals surface area contributed by atoms with Crippen LogP contribution in [0.3, 0.4) is 0 Å². The summed E-state index contributed by atoms with van der Waals surface area (Å²) in [6.45, 7) is 2.51. The number of nitrogens with one attached hydrogen (secondary N) is 1. The molecule has 132 valence electrons. The molecule has 1 aliphatic carbocycles. The van der Waals surface area contributed by atoms with Gasteiger partial charge in [-0.1, -0.05) is 12.8 Å². The summed E-state index contributed by atoms with van der Waals surface area (Å²) in [5.41, 5.74) is 0.426. The van der Waals surface area contributed by atoms with Crippen LogP contribution in [0, 0.1) is 5.92 Å². The highest BCUT2D eigenvalue weighted by molar-refractivity contribution is 5.92. The Morgan fingerprint density at radius 2 is 2.00 bits per heavy atom. The summed E-state index contributed by atoms with van der Waals surface area (Å²) in [4.78, 5) is 23.2. The molecule has 6 heteroatoms. The molecule has 0 spiro atoms. The Balaban J connectivity index is 1.51. The van der Waals surface area contributed by atoms with Crippen LogP contribution in [0.5, 0.6) is 0 Å². The molecular formula is C18H28N4O2. The topological polar surface area (TPSA) is 78.3 Å². The second kappa shape index (κ2) is 8.42. The zero-order valence-electron chi connectivity index (χ0n) is 14.3. The molecular weight excluding hydrogens is 304 g/mol. The molecule has 3 rings (SSSR count). The van der Waals surface area contributed by atoms with Crippen LogP contribution in [0.1, 0.15) is 61.9 Å².